The molecule has 1 heterocycles. The van der Waals surface area contributed by atoms with E-state index in [1.807, 2.05) is 18.2 Å². The standard InChI is InChI=1S/C25H36N4O3.HI/c1-3-26-25(28-18-22-10-11-23(32-15-14-30)24(16-22)31-2)27-17-20-6-8-21(9-7-20)19-29-12-4-5-13-29;/h6-11,16,30H,3-5,12-15,17-19H2,1-2H3,(H2,26,27,28);1H. The quantitative estimate of drug-likeness (QED) is 0.219. The Bertz CT molecular complexity index is 855. The number of aliphatic hydroxyl groups is 1. The maximum Gasteiger partial charge on any atom is 0.191 e. The van der Waals surface area contributed by atoms with Gasteiger partial charge in [-0.2, -0.15) is 0 Å². The van der Waals surface area contributed by atoms with Gasteiger partial charge in [0.05, 0.1) is 20.3 Å². The second-order valence-electron chi connectivity index (χ2n) is 7.91. The van der Waals surface area contributed by atoms with Crippen molar-refractivity contribution in [1.29, 1.82) is 0 Å². The van der Waals surface area contributed by atoms with E-state index in [-0.39, 0.29) is 37.2 Å². The Hall–Kier alpha value is -2.04. The summed E-state index contributed by atoms with van der Waals surface area (Å²) in [5.74, 6) is 2.03. The molecule has 0 aromatic heterocycles. The van der Waals surface area contributed by atoms with E-state index in [2.05, 4.69) is 46.7 Å². The van der Waals surface area contributed by atoms with Gasteiger partial charge in [-0.15, -0.1) is 24.0 Å². The van der Waals surface area contributed by atoms with Gasteiger partial charge in [-0.05, 0) is 61.7 Å². The fourth-order valence-electron chi connectivity index (χ4n) is 3.74. The minimum Gasteiger partial charge on any atom is -0.493 e. The maximum atomic E-state index is 8.95. The zero-order valence-corrected chi connectivity index (χ0v) is 22.0. The Kier molecular flexibility index (Phi) is 12.3. The minimum absolute atomic E-state index is 0. The van der Waals surface area contributed by atoms with Crippen molar-refractivity contribution >= 4 is 29.9 Å². The summed E-state index contributed by atoms with van der Waals surface area (Å²) in [6.07, 6.45) is 2.64. The normalized spacial score (nSPS) is 14.0. The Balaban J connectivity index is 0.00000385. The van der Waals surface area contributed by atoms with Gasteiger partial charge in [0.25, 0.3) is 0 Å². The summed E-state index contributed by atoms with van der Waals surface area (Å²) in [5.41, 5.74) is 3.62. The first-order chi connectivity index (χ1) is 15.7. The highest BCUT2D eigenvalue weighted by atomic mass is 127. The van der Waals surface area contributed by atoms with Crippen LogP contribution in [0.2, 0.25) is 0 Å². The molecule has 1 saturated heterocycles. The molecule has 7 nitrogen and oxygen atoms in total. The molecule has 0 atom stereocenters. The summed E-state index contributed by atoms with van der Waals surface area (Å²) in [5, 5.41) is 15.7. The van der Waals surface area contributed by atoms with Crippen LogP contribution >= 0.6 is 24.0 Å². The molecule has 0 unspecified atom stereocenters. The molecule has 8 heteroatoms. The number of ether oxygens (including phenoxy) is 2. The Morgan fingerprint density at radius 1 is 1.00 bits per heavy atom. The summed E-state index contributed by atoms with van der Waals surface area (Å²) < 4.78 is 10.9. The summed E-state index contributed by atoms with van der Waals surface area (Å²) in [7, 11) is 1.61. The van der Waals surface area contributed by atoms with E-state index in [1.165, 1.54) is 37.1 Å². The Labute approximate surface area is 214 Å². The number of aliphatic hydroxyl groups excluding tert-OH is 1. The van der Waals surface area contributed by atoms with Crippen molar-refractivity contribution in [3.8, 4) is 11.5 Å². The van der Waals surface area contributed by atoms with Crippen molar-refractivity contribution in [2.45, 2.75) is 39.4 Å². The van der Waals surface area contributed by atoms with Crippen molar-refractivity contribution in [2.75, 3.05) is 40.0 Å². The van der Waals surface area contributed by atoms with Crippen LogP contribution in [0.25, 0.3) is 0 Å². The SMILES string of the molecule is CCNC(=NCc1ccc(OCCO)c(OC)c1)NCc1ccc(CN2CCCC2)cc1.I. The highest BCUT2D eigenvalue weighted by molar-refractivity contribution is 14.0. The molecule has 2 aromatic rings. The molecule has 3 N–H and O–H groups in total. The van der Waals surface area contributed by atoms with Crippen LogP contribution in [0.4, 0.5) is 0 Å². The van der Waals surface area contributed by atoms with Crippen molar-refractivity contribution in [1.82, 2.24) is 15.5 Å². The van der Waals surface area contributed by atoms with Crippen molar-refractivity contribution in [2.24, 2.45) is 4.99 Å². The Morgan fingerprint density at radius 2 is 1.70 bits per heavy atom. The zero-order valence-electron chi connectivity index (χ0n) is 19.7. The fraction of sp³-hybridized carbons (Fsp3) is 0.480. The van der Waals surface area contributed by atoms with Crippen LogP contribution in [-0.4, -0.2) is 55.9 Å². The van der Waals surface area contributed by atoms with Crippen LogP contribution in [0, 0.1) is 0 Å². The number of guanidine groups is 1. The van der Waals surface area contributed by atoms with Gasteiger partial charge in [0.2, 0.25) is 0 Å². The van der Waals surface area contributed by atoms with E-state index in [9.17, 15) is 0 Å². The van der Waals surface area contributed by atoms with Crippen LogP contribution < -0.4 is 20.1 Å². The number of nitrogens with zero attached hydrogens (tertiary/aromatic N) is 2. The summed E-state index contributed by atoms with van der Waals surface area (Å²) in [6, 6.07) is 14.6. The molecule has 1 fully saturated rings. The van der Waals surface area contributed by atoms with Gasteiger partial charge in [0.1, 0.15) is 6.61 Å². The average Bonchev–Trinajstić information content (AvgIpc) is 3.33. The van der Waals surface area contributed by atoms with E-state index < -0.39 is 0 Å². The molecule has 2 aromatic carbocycles. The van der Waals surface area contributed by atoms with Gasteiger partial charge < -0.3 is 25.2 Å². The molecule has 0 radical (unpaired) electrons. The number of hydrogen-bond donors (Lipinski definition) is 3. The van der Waals surface area contributed by atoms with E-state index >= 15 is 0 Å². The molecular formula is C25H37IN4O3. The number of aliphatic imine (C=N–C) groups is 1. The molecule has 182 valence electrons. The van der Waals surface area contributed by atoms with E-state index in [0.717, 1.165) is 24.6 Å². The lowest BCUT2D eigenvalue weighted by molar-refractivity contribution is 0.196. The molecule has 1 aliphatic heterocycles. The molecule has 1 aliphatic rings. The Morgan fingerprint density at radius 3 is 2.36 bits per heavy atom. The van der Waals surface area contributed by atoms with Gasteiger partial charge in [0.15, 0.2) is 17.5 Å². The average molecular weight is 569 g/mol. The zero-order chi connectivity index (χ0) is 22.6. The second-order valence-corrected chi connectivity index (χ2v) is 7.91. The number of nitrogens with one attached hydrogen (secondary N) is 2. The van der Waals surface area contributed by atoms with E-state index in [4.69, 9.17) is 19.6 Å². The van der Waals surface area contributed by atoms with Crippen LogP contribution in [-0.2, 0) is 19.6 Å². The number of rotatable bonds is 11. The predicted molar refractivity (Wildman–Crippen MR) is 144 cm³/mol. The topological polar surface area (TPSA) is 78.4 Å². The number of hydrogen-bond acceptors (Lipinski definition) is 5. The largest absolute Gasteiger partial charge is 0.493 e. The molecule has 0 bridgehead atoms. The van der Waals surface area contributed by atoms with Crippen molar-refractivity contribution in [3.05, 3.63) is 59.2 Å². The van der Waals surface area contributed by atoms with E-state index in [1.54, 1.807) is 7.11 Å². The molecule has 0 spiro atoms. The van der Waals surface area contributed by atoms with Gasteiger partial charge in [-0.25, -0.2) is 4.99 Å². The highest BCUT2D eigenvalue weighted by Crippen LogP contribution is 2.28. The van der Waals surface area contributed by atoms with Crippen LogP contribution in [0.5, 0.6) is 11.5 Å². The van der Waals surface area contributed by atoms with Gasteiger partial charge in [-0.3, -0.25) is 4.90 Å². The van der Waals surface area contributed by atoms with Crippen LogP contribution in [0.15, 0.2) is 47.5 Å². The lowest BCUT2D eigenvalue weighted by Gasteiger charge is -2.15. The number of halogens is 1. The van der Waals surface area contributed by atoms with Crippen molar-refractivity contribution in [3.63, 3.8) is 0 Å². The second kappa shape index (κ2) is 15.0. The third kappa shape index (κ3) is 9.02. The summed E-state index contributed by atoms with van der Waals surface area (Å²) in [6.45, 7) is 7.76. The maximum absolute atomic E-state index is 8.95. The molecular weight excluding hydrogens is 531 g/mol. The van der Waals surface area contributed by atoms with Crippen molar-refractivity contribution < 1.29 is 14.6 Å². The first-order valence-electron chi connectivity index (χ1n) is 11.4. The van der Waals surface area contributed by atoms with E-state index in [0.29, 0.717) is 24.6 Å². The predicted octanol–water partition coefficient (Wildman–Crippen LogP) is 3.54. The number of methoxy groups -OCH3 is 1. The van der Waals surface area contributed by atoms with Gasteiger partial charge >= 0.3 is 0 Å². The van der Waals surface area contributed by atoms with Gasteiger partial charge in [-0.1, -0.05) is 30.3 Å². The molecule has 0 aliphatic carbocycles. The van der Waals surface area contributed by atoms with Gasteiger partial charge in [0, 0.05) is 19.6 Å². The summed E-state index contributed by atoms with van der Waals surface area (Å²) >= 11 is 0. The minimum atomic E-state index is -0.0336. The van der Waals surface area contributed by atoms with Crippen LogP contribution in [0.1, 0.15) is 36.5 Å². The monoisotopic (exact) mass is 568 g/mol. The molecule has 0 amide bonds. The first-order valence-corrected chi connectivity index (χ1v) is 11.4. The lowest BCUT2D eigenvalue weighted by Crippen LogP contribution is -2.36. The third-order valence-corrected chi connectivity index (χ3v) is 5.43. The molecule has 0 saturated carbocycles. The first kappa shape index (κ1) is 27.2. The lowest BCUT2D eigenvalue weighted by atomic mass is 10.1. The third-order valence-electron chi connectivity index (χ3n) is 5.43. The fourth-order valence-corrected chi connectivity index (χ4v) is 3.74. The van der Waals surface area contributed by atoms with Crippen LogP contribution in [0.3, 0.4) is 0 Å². The number of likely N-dealkylation sites (tertiary alicyclic amines) is 1. The molecule has 3 rings (SSSR count). The smallest absolute Gasteiger partial charge is 0.191 e. The molecule has 33 heavy (non-hydrogen) atoms. The number of benzene rings is 2. The highest BCUT2D eigenvalue weighted by Gasteiger charge is 2.11. The summed E-state index contributed by atoms with van der Waals surface area (Å²) in [4.78, 5) is 7.22.